The minimum absolute atomic E-state index is 0.0482. The van der Waals surface area contributed by atoms with Crippen molar-refractivity contribution in [2.45, 2.75) is 46.1 Å². The number of amides is 1. The molecule has 1 fully saturated rings. The second-order valence-corrected chi connectivity index (χ2v) is 6.79. The highest BCUT2D eigenvalue weighted by molar-refractivity contribution is 9.10. The van der Waals surface area contributed by atoms with Crippen LogP contribution in [-0.2, 0) is 0 Å². The van der Waals surface area contributed by atoms with Crippen LogP contribution in [0.2, 0.25) is 0 Å². The molecule has 0 heterocycles. The van der Waals surface area contributed by atoms with Gasteiger partial charge in [-0.3, -0.25) is 4.79 Å². The van der Waals surface area contributed by atoms with Gasteiger partial charge in [0.05, 0.1) is 0 Å². The first kappa shape index (κ1) is 14.6. The van der Waals surface area contributed by atoms with Crippen LogP contribution in [-0.4, -0.2) is 11.9 Å². The van der Waals surface area contributed by atoms with Gasteiger partial charge in [0, 0.05) is 16.1 Å². The van der Waals surface area contributed by atoms with E-state index in [-0.39, 0.29) is 5.91 Å². The number of benzene rings is 1. The minimum atomic E-state index is 0.0482. The summed E-state index contributed by atoms with van der Waals surface area (Å²) < 4.78 is 0.991. The van der Waals surface area contributed by atoms with Crippen molar-refractivity contribution < 1.29 is 4.79 Å². The smallest absolute Gasteiger partial charge is 0.251 e. The normalized spacial score (nSPS) is 27.1. The van der Waals surface area contributed by atoms with Gasteiger partial charge in [0.2, 0.25) is 0 Å². The lowest BCUT2D eigenvalue weighted by molar-refractivity contribution is 0.0899. The molecular weight excluding hydrogens is 302 g/mol. The fourth-order valence-electron chi connectivity index (χ4n) is 2.87. The molecule has 1 aromatic rings. The fraction of sp³-hybridized carbons (Fsp3) is 0.562. The van der Waals surface area contributed by atoms with Crippen molar-refractivity contribution in [3.63, 3.8) is 0 Å². The number of rotatable bonds is 2. The number of hydrogen-bond donors (Lipinski definition) is 1. The van der Waals surface area contributed by atoms with Crippen molar-refractivity contribution in [2.75, 3.05) is 0 Å². The number of nitrogens with one attached hydrogen (secondary N) is 1. The molecule has 2 rings (SSSR count). The maximum atomic E-state index is 12.3. The van der Waals surface area contributed by atoms with Crippen molar-refractivity contribution in [1.82, 2.24) is 5.32 Å². The SMILES string of the molecule is Cc1ccc(C(=O)NC2CCC(C)CC2C)cc1Br. The van der Waals surface area contributed by atoms with Crippen LogP contribution in [0, 0.1) is 18.8 Å². The summed E-state index contributed by atoms with van der Waals surface area (Å²) in [5, 5.41) is 3.19. The number of carbonyl (C=O) groups excluding carboxylic acids is 1. The highest BCUT2D eigenvalue weighted by Gasteiger charge is 2.26. The first-order chi connectivity index (χ1) is 8.97. The highest BCUT2D eigenvalue weighted by atomic mass is 79.9. The summed E-state index contributed by atoms with van der Waals surface area (Å²) in [6.07, 6.45) is 3.52. The third-order valence-corrected chi connectivity index (χ3v) is 5.04. The summed E-state index contributed by atoms with van der Waals surface area (Å²) in [6, 6.07) is 6.10. The monoisotopic (exact) mass is 323 g/mol. The lowest BCUT2D eigenvalue weighted by Crippen LogP contribution is -2.42. The average Bonchev–Trinajstić information content (AvgIpc) is 2.36. The van der Waals surface area contributed by atoms with Gasteiger partial charge in [-0.2, -0.15) is 0 Å². The van der Waals surface area contributed by atoms with E-state index >= 15 is 0 Å². The van der Waals surface area contributed by atoms with Gasteiger partial charge in [0.1, 0.15) is 0 Å². The van der Waals surface area contributed by atoms with Crippen LogP contribution in [0.4, 0.5) is 0 Å². The molecule has 2 nitrogen and oxygen atoms in total. The number of aryl methyl sites for hydroxylation is 1. The van der Waals surface area contributed by atoms with E-state index in [1.54, 1.807) is 0 Å². The van der Waals surface area contributed by atoms with Crippen LogP contribution < -0.4 is 5.32 Å². The molecular formula is C16H22BrNO. The molecule has 19 heavy (non-hydrogen) atoms. The number of hydrogen-bond acceptors (Lipinski definition) is 1. The molecule has 1 aliphatic carbocycles. The zero-order valence-corrected chi connectivity index (χ0v) is 13.5. The van der Waals surface area contributed by atoms with Crippen molar-refractivity contribution in [1.29, 1.82) is 0 Å². The summed E-state index contributed by atoms with van der Waals surface area (Å²) in [4.78, 5) is 12.3. The zero-order chi connectivity index (χ0) is 14.0. The Kier molecular flexibility index (Phi) is 4.67. The van der Waals surface area contributed by atoms with Gasteiger partial charge < -0.3 is 5.32 Å². The van der Waals surface area contributed by atoms with Crippen LogP contribution >= 0.6 is 15.9 Å². The maximum Gasteiger partial charge on any atom is 0.251 e. The topological polar surface area (TPSA) is 29.1 Å². The predicted octanol–water partition coefficient (Wildman–Crippen LogP) is 4.31. The summed E-state index contributed by atoms with van der Waals surface area (Å²) in [7, 11) is 0. The maximum absolute atomic E-state index is 12.3. The molecule has 0 spiro atoms. The molecule has 0 radical (unpaired) electrons. The van der Waals surface area contributed by atoms with Gasteiger partial charge in [-0.1, -0.05) is 35.8 Å². The van der Waals surface area contributed by atoms with E-state index in [1.165, 1.54) is 12.8 Å². The van der Waals surface area contributed by atoms with Gasteiger partial charge >= 0.3 is 0 Å². The summed E-state index contributed by atoms with van der Waals surface area (Å²) in [6.45, 7) is 6.56. The van der Waals surface area contributed by atoms with Gasteiger partial charge in [-0.25, -0.2) is 0 Å². The Balaban J connectivity index is 2.02. The summed E-state index contributed by atoms with van der Waals surface area (Å²) in [5.41, 5.74) is 1.89. The molecule has 0 saturated heterocycles. The lowest BCUT2D eigenvalue weighted by atomic mass is 9.80. The third-order valence-electron chi connectivity index (χ3n) is 4.18. The second-order valence-electron chi connectivity index (χ2n) is 5.94. The van der Waals surface area contributed by atoms with Crippen LogP contribution in [0.15, 0.2) is 22.7 Å². The van der Waals surface area contributed by atoms with E-state index in [0.29, 0.717) is 12.0 Å². The molecule has 0 bridgehead atoms. The quantitative estimate of drug-likeness (QED) is 0.863. The van der Waals surface area contributed by atoms with Gasteiger partial charge in [-0.15, -0.1) is 0 Å². The highest BCUT2D eigenvalue weighted by Crippen LogP contribution is 2.29. The molecule has 0 aromatic heterocycles. The molecule has 1 aliphatic rings. The van der Waals surface area contributed by atoms with Crippen LogP contribution in [0.25, 0.3) is 0 Å². The van der Waals surface area contributed by atoms with E-state index in [4.69, 9.17) is 0 Å². The van der Waals surface area contributed by atoms with Crippen molar-refractivity contribution in [2.24, 2.45) is 11.8 Å². The molecule has 104 valence electrons. The molecule has 1 aromatic carbocycles. The Morgan fingerprint density at radius 2 is 2.05 bits per heavy atom. The first-order valence-corrected chi connectivity index (χ1v) is 7.83. The Labute approximate surface area is 124 Å². The fourth-order valence-corrected chi connectivity index (χ4v) is 3.24. The average molecular weight is 324 g/mol. The molecule has 1 saturated carbocycles. The predicted molar refractivity (Wildman–Crippen MR) is 82.3 cm³/mol. The molecule has 1 N–H and O–H groups in total. The Morgan fingerprint density at radius 1 is 1.32 bits per heavy atom. The minimum Gasteiger partial charge on any atom is -0.349 e. The largest absolute Gasteiger partial charge is 0.349 e. The Morgan fingerprint density at radius 3 is 2.68 bits per heavy atom. The van der Waals surface area contributed by atoms with E-state index in [9.17, 15) is 4.79 Å². The Bertz CT molecular complexity index is 472. The zero-order valence-electron chi connectivity index (χ0n) is 11.9. The lowest BCUT2D eigenvalue weighted by Gasteiger charge is -2.33. The van der Waals surface area contributed by atoms with E-state index in [1.807, 2.05) is 25.1 Å². The number of halogens is 1. The summed E-state index contributed by atoms with van der Waals surface area (Å²) >= 11 is 3.48. The van der Waals surface area contributed by atoms with E-state index in [0.717, 1.165) is 27.9 Å². The van der Waals surface area contributed by atoms with Gasteiger partial charge in [-0.05, 0) is 55.7 Å². The molecule has 1 amide bonds. The molecule has 3 atom stereocenters. The Hall–Kier alpha value is -0.830. The van der Waals surface area contributed by atoms with E-state index < -0.39 is 0 Å². The van der Waals surface area contributed by atoms with Crippen molar-refractivity contribution in [3.8, 4) is 0 Å². The van der Waals surface area contributed by atoms with Gasteiger partial charge in [0.15, 0.2) is 0 Å². The summed E-state index contributed by atoms with van der Waals surface area (Å²) in [5.74, 6) is 1.41. The molecule has 3 heteroatoms. The molecule has 3 unspecified atom stereocenters. The second kappa shape index (κ2) is 6.08. The standard InChI is InChI=1S/C16H22BrNO/c1-10-4-7-15(12(3)8-10)18-16(19)13-6-5-11(2)14(17)9-13/h5-6,9-10,12,15H,4,7-8H2,1-3H3,(H,18,19). The van der Waals surface area contributed by atoms with Crippen molar-refractivity contribution >= 4 is 21.8 Å². The van der Waals surface area contributed by atoms with Crippen molar-refractivity contribution in [3.05, 3.63) is 33.8 Å². The van der Waals surface area contributed by atoms with Crippen LogP contribution in [0.3, 0.4) is 0 Å². The van der Waals surface area contributed by atoms with E-state index in [2.05, 4.69) is 35.1 Å². The van der Waals surface area contributed by atoms with Crippen LogP contribution in [0.5, 0.6) is 0 Å². The molecule has 0 aliphatic heterocycles. The van der Waals surface area contributed by atoms with Crippen LogP contribution in [0.1, 0.15) is 49.0 Å². The third kappa shape index (κ3) is 3.59. The van der Waals surface area contributed by atoms with Gasteiger partial charge in [0.25, 0.3) is 5.91 Å². The number of carbonyl (C=O) groups is 1. The first-order valence-electron chi connectivity index (χ1n) is 7.04.